The second-order valence-corrected chi connectivity index (χ2v) is 0. The molecule has 0 aliphatic heterocycles. The summed E-state index contributed by atoms with van der Waals surface area (Å²) in [6, 6.07) is 0. The molecule has 0 aromatic rings. The van der Waals surface area contributed by atoms with Crippen molar-refractivity contribution in [2.24, 2.45) is 0 Å². The molecule has 0 spiro atoms. The molecule has 0 amide bonds. The van der Waals surface area contributed by atoms with Gasteiger partial charge in [0.15, 0.2) is 0 Å². The molecule has 0 saturated heterocycles. The molecule has 1 nitrogen and oxygen atoms in total. The molecule has 0 rings (SSSR count). The van der Waals surface area contributed by atoms with Crippen LogP contribution in [0.1, 0.15) is 0 Å². The first-order valence-corrected chi connectivity index (χ1v) is 0.866. The Balaban J connectivity index is -0.00000000500. The molecule has 0 aromatic heterocycles. The molecule has 0 fully saturated rings. The van der Waals surface area contributed by atoms with Crippen LogP contribution in [0.2, 0.25) is 0 Å². The molecule has 0 atom stereocenters. The van der Waals surface area contributed by atoms with E-state index in [4.69, 9.17) is 3.80 Å². The van der Waals surface area contributed by atoms with Crippen LogP contribution < -0.4 is 0 Å². The van der Waals surface area contributed by atoms with Crippen LogP contribution in [0.4, 0.5) is 0 Å². The SMILES string of the molecule is [MgH2].[O]=[AlH].[Sc]. The standard InChI is InChI=1S/Al.Mg.O.Sc.3H. The van der Waals surface area contributed by atoms with Crippen molar-refractivity contribution in [2.75, 3.05) is 0 Å². The third-order valence-corrected chi connectivity index (χ3v) is 0. The van der Waals surface area contributed by atoms with Gasteiger partial charge in [0.25, 0.3) is 0 Å². The zero-order valence-corrected chi connectivity index (χ0v) is 4.91. The van der Waals surface area contributed by atoms with E-state index < -0.39 is 0 Å². The molecule has 17 valence electrons. The van der Waals surface area contributed by atoms with Crippen molar-refractivity contribution in [2.45, 2.75) is 0 Å². The molecule has 4 heteroatoms. The van der Waals surface area contributed by atoms with E-state index in [1.165, 1.54) is 0 Å². The Kier molecular flexibility index (Phi) is 84.4. The number of hydrogen-bond donors (Lipinski definition) is 0. The summed E-state index contributed by atoms with van der Waals surface area (Å²) in [6.45, 7) is 0. The Hall–Kier alpha value is 1.97. The minimum absolute atomic E-state index is 0. The summed E-state index contributed by atoms with van der Waals surface area (Å²) in [4.78, 5) is 0. The molecular weight excluding hydrogens is 112 g/mol. The van der Waals surface area contributed by atoms with E-state index in [9.17, 15) is 0 Å². The van der Waals surface area contributed by atoms with E-state index in [0.29, 0.717) is 16.2 Å². The summed E-state index contributed by atoms with van der Waals surface area (Å²) in [5.41, 5.74) is 0. The van der Waals surface area contributed by atoms with Gasteiger partial charge in [0.05, 0.1) is 0 Å². The van der Waals surface area contributed by atoms with E-state index >= 15 is 0 Å². The molecule has 0 bridgehead atoms. The van der Waals surface area contributed by atoms with Gasteiger partial charge < -0.3 is 0 Å². The van der Waals surface area contributed by atoms with Crippen LogP contribution in [0.3, 0.4) is 0 Å². The predicted molar refractivity (Wildman–Crippen MR) is 16.4 cm³/mol. The van der Waals surface area contributed by atoms with E-state index in [1.54, 1.807) is 0 Å². The van der Waals surface area contributed by atoms with Crippen LogP contribution in [0, 0.1) is 0 Å². The summed E-state index contributed by atoms with van der Waals surface area (Å²) in [5, 5.41) is 0. The zero-order chi connectivity index (χ0) is 2.00. The first-order chi connectivity index (χ1) is 1.00. The maximum Gasteiger partial charge on any atom is 0 e. The van der Waals surface area contributed by atoms with Crippen molar-refractivity contribution in [1.29, 1.82) is 0 Å². The average molecular weight is 115 g/mol. The summed E-state index contributed by atoms with van der Waals surface area (Å²) < 4.78 is 8.28. The van der Waals surface area contributed by atoms with Crippen molar-refractivity contribution in [3.05, 3.63) is 0 Å². The smallest absolute Gasteiger partial charge is 0 e. The molecule has 4 heavy (non-hydrogen) atoms. The summed E-state index contributed by atoms with van der Waals surface area (Å²) in [6.07, 6.45) is 0. The topological polar surface area (TPSA) is 17.1 Å². The maximum absolute atomic E-state index is 8.28. The van der Waals surface area contributed by atoms with Gasteiger partial charge in [-0.25, -0.2) is 0 Å². The maximum atomic E-state index is 8.28. The van der Waals surface area contributed by atoms with Crippen molar-refractivity contribution >= 4 is 39.3 Å². The van der Waals surface area contributed by atoms with Crippen molar-refractivity contribution < 1.29 is 29.6 Å². The van der Waals surface area contributed by atoms with Crippen molar-refractivity contribution in [3.63, 3.8) is 0 Å². The molecule has 0 heterocycles. The molecular formula is H3AlMgOSc. The van der Waals surface area contributed by atoms with E-state index in [-0.39, 0.29) is 48.9 Å². The monoisotopic (exact) mass is 115 g/mol. The van der Waals surface area contributed by atoms with Gasteiger partial charge in [-0.05, 0) is 0 Å². The summed E-state index contributed by atoms with van der Waals surface area (Å²) >= 11 is 0.611. The van der Waals surface area contributed by atoms with Crippen molar-refractivity contribution in [1.82, 2.24) is 0 Å². The Morgan fingerprint density at radius 3 is 1.25 bits per heavy atom. The molecule has 0 N–H and O–H groups in total. The number of hydrogen-bond acceptors (Lipinski definition) is 1. The van der Waals surface area contributed by atoms with Gasteiger partial charge in [0, 0.05) is 25.8 Å². The van der Waals surface area contributed by atoms with Crippen LogP contribution in [-0.4, -0.2) is 39.3 Å². The van der Waals surface area contributed by atoms with Crippen molar-refractivity contribution in [3.8, 4) is 0 Å². The van der Waals surface area contributed by atoms with E-state index in [2.05, 4.69) is 0 Å². The van der Waals surface area contributed by atoms with Crippen LogP contribution in [0.25, 0.3) is 0 Å². The fourth-order valence-corrected chi connectivity index (χ4v) is 0. The van der Waals surface area contributed by atoms with Gasteiger partial charge in [-0.3, -0.25) is 0 Å². The fraction of sp³-hybridized carbons (Fsp3) is 0. The first-order valence-electron chi connectivity index (χ1n) is 0.289. The quantitative estimate of drug-likeness (QED) is 0.344. The first kappa shape index (κ1) is 16.7. The predicted octanol–water partition coefficient (Wildman–Crippen LogP) is -1.69. The Morgan fingerprint density at radius 2 is 1.25 bits per heavy atom. The van der Waals surface area contributed by atoms with E-state index in [1.807, 2.05) is 0 Å². The normalized spacial score (nSPS) is 0.750. The van der Waals surface area contributed by atoms with Gasteiger partial charge in [0.1, 0.15) is 0 Å². The van der Waals surface area contributed by atoms with Crippen LogP contribution in [-0.2, 0) is 29.6 Å². The van der Waals surface area contributed by atoms with Gasteiger partial charge in [-0.1, -0.05) is 0 Å². The summed E-state index contributed by atoms with van der Waals surface area (Å²) in [7, 11) is 0. The third kappa shape index (κ3) is 9.02. The van der Waals surface area contributed by atoms with Crippen LogP contribution in [0.5, 0.6) is 0 Å². The largest absolute Gasteiger partial charge is 0 e. The fourth-order valence-electron chi connectivity index (χ4n) is 0. The minimum Gasteiger partial charge on any atom is 0 e. The Bertz CT molecular complexity index is 8.00. The van der Waals surface area contributed by atoms with Gasteiger partial charge >= 0.3 is 43.1 Å². The molecule has 0 aliphatic rings. The molecule has 0 saturated carbocycles. The Morgan fingerprint density at radius 1 is 1.25 bits per heavy atom. The Labute approximate surface area is 68.1 Å². The van der Waals surface area contributed by atoms with Crippen LogP contribution in [0.15, 0.2) is 0 Å². The second kappa shape index (κ2) is 20.2. The summed E-state index contributed by atoms with van der Waals surface area (Å²) in [5.74, 6) is 0. The van der Waals surface area contributed by atoms with Gasteiger partial charge in [-0.2, -0.15) is 0 Å². The molecule has 0 unspecified atom stereocenters. The zero-order valence-electron chi connectivity index (χ0n) is 1.69. The van der Waals surface area contributed by atoms with E-state index in [0.717, 1.165) is 0 Å². The van der Waals surface area contributed by atoms with Gasteiger partial charge in [0.2, 0.25) is 0 Å². The number of rotatable bonds is 0. The third-order valence-electron chi connectivity index (χ3n) is 0. The molecule has 0 aromatic carbocycles. The second-order valence-electron chi connectivity index (χ2n) is 0. The minimum atomic E-state index is 0. The molecule has 1 radical (unpaired) electrons. The van der Waals surface area contributed by atoms with Crippen LogP contribution >= 0.6 is 0 Å². The van der Waals surface area contributed by atoms with Gasteiger partial charge in [-0.15, -0.1) is 0 Å². The average Bonchev–Trinajstić information content (AvgIpc) is 1.00. The molecule has 0 aliphatic carbocycles.